The lowest BCUT2D eigenvalue weighted by Gasteiger charge is -2.11. The van der Waals surface area contributed by atoms with Crippen molar-refractivity contribution in [3.05, 3.63) is 23.8 Å². The summed E-state index contributed by atoms with van der Waals surface area (Å²) in [5.74, 6) is -1.61. The molecule has 2 rings (SSSR count). The van der Waals surface area contributed by atoms with Crippen LogP contribution in [0.1, 0.15) is 25.7 Å². The normalized spacial score (nSPS) is 18.9. The lowest BCUT2D eigenvalue weighted by molar-refractivity contribution is 0.533. The molecule has 0 aromatic heterocycles. The number of hydrogen-bond donors (Lipinski definition) is 1. The van der Waals surface area contributed by atoms with E-state index >= 15 is 0 Å². The van der Waals surface area contributed by atoms with E-state index in [9.17, 15) is 13.0 Å². The van der Waals surface area contributed by atoms with E-state index < -0.39 is 22.4 Å². The standard InChI is InChI=1S/C11H13F2NOS/c12-9-5-7(14)6-10(13)11(9)16(15)8-3-1-2-4-8/h5-6,8H,1-4,14H2. The van der Waals surface area contributed by atoms with E-state index in [0.29, 0.717) is 0 Å². The number of benzene rings is 1. The van der Waals surface area contributed by atoms with Crippen molar-refractivity contribution < 1.29 is 13.0 Å². The van der Waals surface area contributed by atoms with Crippen LogP contribution < -0.4 is 5.73 Å². The predicted octanol–water partition coefficient (Wildman–Crippen LogP) is 2.60. The Balaban J connectivity index is 2.35. The van der Waals surface area contributed by atoms with Crippen molar-refractivity contribution in [2.75, 3.05) is 5.73 Å². The van der Waals surface area contributed by atoms with Crippen molar-refractivity contribution in [3.63, 3.8) is 0 Å². The summed E-state index contributed by atoms with van der Waals surface area (Å²) in [5.41, 5.74) is 5.32. The first-order valence-electron chi connectivity index (χ1n) is 5.24. The topological polar surface area (TPSA) is 43.1 Å². The quantitative estimate of drug-likeness (QED) is 0.814. The van der Waals surface area contributed by atoms with Crippen LogP contribution in [-0.2, 0) is 10.8 Å². The molecule has 1 saturated carbocycles. The van der Waals surface area contributed by atoms with Gasteiger partial charge in [-0.25, -0.2) is 8.78 Å². The fraction of sp³-hybridized carbons (Fsp3) is 0.455. The molecular weight excluding hydrogens is 232 g/mol. The van der Waals surface area contributed by atoms with Crippen LogP contribution in [0, 0.1) is 11.6 Å². The zero-order chi connectivity index (χ0) is 11.7. The van der Waals surface area contributed by atoms with Gasteiger partial charge in [0.15, 0.2) is 0 Å². The Morgan fingerprint density at radius 2 is 1.69 bits per heavy atom. The lowest BCUT2D eigenvalue weighted by Crippen LogP contribution is -2.13. The summed E-state index contributed by atoms with van der Waals surface area (Å²) in [6.45, 7) is 0. The van der Waals surface area contributed by atoms with Gasteiger partial charge in [-0.15, -0.1) is 0 Å². The molecule has 0 aliphatic heterocycles. The molecule has 16 heavy (non-hydrogen) atoms. The molecule has 0 bridgehead atoms. The first kappa shape index (κ1) is 11.5. The van der Waals surface area contributed by atoms with E-state index in [1.165, 1.54) is 0 Å². The first-order chi connectivity index (χ1) is 7.59. The zero-order valence-corrected chi connectivity index (χ0v) is 9.53. The highest BCUT2D eigenvalue weighted by atomic mass is 32.2. The SMILES string of the molecule is Nc1cc(F)c(S(=O)C2CCCC2)c(F)c1. The van der Waals surface area contributed by atoms with Gasteiger partial charge in [-0.2, -0.15) is 0 Å². The van der Waals surface area contributed by atoms with Crippen LogP contribution >= 0.6 is 0 Å². The van der Waals surface area contributed by atoms with E-state index in [-0.39, 0.29) is 15.8 Å². The highest BCUT2D eigenvalue weighted by Gasteiger charge is 2.27. The first-order valence-corrected chi connectivity index (χ1v) is 6.46. The lowest BCUT2D eigenvalue weighted by atomic mass is 10.3. The van der Waals surface area contributed by atoms with Crippen LogP contribution in [0.25, 0.3) is 0 Å². The van der Waals surface area contributed by atoms with Crippen molar-refractivity contribution in [2.45, 2.75) is 35.8 Å². The van der Waals surface area contributed by atoms with E-state index in [4.69, 9.17) is 5.73 Å². The maximum Gasteiger partial charge on any atom is 0.144 e. The Bertz CT molecular complexity index is 407. The van der Waals surface area contributed by atoms with Crippen LogP contribution in [0.15, 0.2) is 17.0 Å². The third-order valence-corrected chi connectivity index (χ3v) is 4.70. The van der Waals surface area contributed by atoms with Gasteiger partial charge in [0.1, 0.15) is 16.5 Å². The van der Waals surface area contributed by atoms with Crippen molar-refractivity contribution in [1.29, 1.82) is 0 Å². The smallest absolute Gasteiger partial charge is 0.144 e. The van der Waals surface area contributed by atoms with Gasteiger partial charge in [0, 0.05) is 10.9 Å². The molecule has 1 aliphatic carbocycles. The van der Waals surface area contributed by atoms with Gasteiger partial charge in [-0.3, -0.25) is 4.21 Å². The molecule has 1 unspecified atom stereocenters. The van der Waals surface area contributed by atoms with Crippen molar-refractivity contribution in [3.8, 4) is 0 Å². The minimum Gasteiger partial charge on any atom is -0.399 e. The fourth-order valence-corrected chi connectivity index (χ4v) is 3.64. The molecule has 1 fully saturated rings. The Labute approximate surface area is 95.3 Å². The number of rotatable bonds is 2. The second-order valence-electron chi connectivity index (χ2n) is 4.02. The van der Waals surface area contributed by atoms with Crippen LogP contribution in [-0.4, -0.2) is 9.46 Å². The molecule has 2 nitrogen and oxygen atoms in total. The molecule has 1 atom stereocenters. The molecule has 2 N–H and O–H groups in total. The van der Waals surface area contributed by atoms with Gasteiger partial charge >= 0.3 is 0 Å². The molecule has 88 valence electrons. The number of nitrogens with two attached hydrogens (primary N) is 1. The molecule has 0 saturated heterocycles. The Hall–Kier alpha value is -0.970. The second kappa shape index (κ2) is 4.49. The average Bonchev–Trinajstić information content (AvgIpc) is 2.67. The van der Waals surface area contributed by atoms with Gasteiger partial charge in [0.25, 0.3) is 0 Å². The highest BCUT2D eigenvalue weighted by Crippen LogP contribution is 2.30. The van der Waals surface area contributed by atoms with E-state index in [2.05, 4.69) is 0 Å². The summed E-state index contributed by atoms with van der Waals surface area (Å²) in [5, 5.41) is -0.118. The summed E-state index contributed by atoms with van der Waals surface area (Å²) in [6, 6.07) is 2.04. The minimum atomic E-state index is -1.60. The number of nitrogen functional groups attached to an aromatic ring is 1. The Morgan fingerprint density at radius 1 is 1.19 bits per heavy atom. The number of halogens is 2. The number of anilines is 1. The maximum absolute atomic E-state index is 13.5. The van der Waals surface area contributed by atoms with Crippen LogP contribution in [0.3, 0.4) is 0 Å². The molecule has 0 amide bonds. The maximum atomic E-state index is 13.5. The summed E-state index contributed by atoms with van der Waals surface area (Å²) in [7, 11) is -1.60. The van der Waals surface area contributed by atoms with E-state index in [1.54, 1.807) is 0 Å². The molecule has 1 aromatic carbocycles. The second-order valence-corrected chi connectivity index (χ2v) is 5.69. The Morgan fingerprint density at radius 3 is 2.19 bits per heavy atom. The Kier molecular flexibility index (Phi) is 3.23. The van der Waals surface area contributed by atoms with Crippen LogP contribution in [0.2, 0.25) is 0 Å². The van der Waals surface area contributed by atoms with Gasteiger partial charge in [-0.1, -0.05) is 12.8 Å². The summed E-state index contributed by atoms with van der Waals surface area (Å²) in [4.78, 5) is -0.318. The highest BCUT2D eigenvalue weighted by molar-refractivity contribution is 7.85. The third-order valence-electron chi connectivity index (χ3n) is 2.83. The molecule has 5 heteroatoms. The van der Waals surface area contributed by atoms with Crippen molar-refractivity contribution in [2.24, 2.45) is 0 Å². The van der Waals surface area contributed by atoms with Crippen molar-refractivity contribution in [1.82, 2.24) is 0 Å². The summed E-state index contributed by atoms with van der Waals surface area (Å²) < 4.78 is 39.0. The van der Waals surface area contributed by atoms with Gasteiger partial charge in [0.05, 0.1) is 10.8 Å². The van der Waals surface area contributed by atoms with Gasteiger partial charge < -0.3 is 5.73 Å². The number of hydrogen-bond acceptors (Lipinski definition) is 2. The van der Waals surface area contributed by atoms with Gasteiger partial charge in [-0.05, 0) is 25.0 Å². The molecular formula is C11H13F2NOS. The average molecular weight is 245 g/mol. The predicted molar refractivity (Wildman–Crippen MR) is 59.4 cm³/mol. The molecule has 0 spiro atoms. The van der Waals surface area contributed by atoms with E-state index in [1.807, 2.05) is 0 Å². The largest absolute Gasteiger partial charge is 0.399 e. The molecule has 0 heterocycles. The molecule has 1 aromatic rings. The summed E-state index contributed by atoms with van der Waals surface area (Å²) in [6.07, 6.45) is 3.51. The zero-order valence-electron chi connectivity index (χ0n) is 8.71. The third kappa shape index (κ3) is 2.09. The van der Waals surface area contributed by atoms with Crippen LogP contribution in [0.4, 0.5) is 14.5 Å². The van der Waals surface area contributed by atoms with Gasteiger partial charge in [0.2, 0.25) is 0 Å². The summed E-state index contributed by atoms with van der Waals surface area (Å²) >= 11 is 0. The minimum absolute atomic E-state index is 0.0159. The molecule has 0 radical (unpaired) electrons. The fourth-order valence-electron chi connectivity index (χ4n) is 2.04. The monoisotopic (exact) mass is 245 g/mol. The van der Waals surface area contributed by atoms with E-state index in [0.717, 1.165) is 37.8 Å². The van der Waals surface area contributed by atoms with Crippen LogP contribution in [0.5, 0.6) is 0 Å². The van der Waals surface area contributed by atoms with Crippen molar-refractivity contribution >= 4 is 16.5 Å². The molecule has 1 aliphatic rings.